The van der Waals surface area contributed by atoms with Crippen molar-refractivity contribution in [2.75, 3.05) is 33.4 Å². The first-order valence-electron chi connectivity index (χ1n) is 7.53. The third kappa shape index (κ3) is 4.48. The molecule has 0 bridgehead atoms. The summed E-state index contributed by atoms with van der Waals surface area (Å²) < 4.78 is 18.5. The first kappa shape index (κ1) is 16.4. The number of rotatable bonds is 6. The Balaban J connectivity index is 1.91. The van der Waals surface area contributed by atoms with E-state index in [1.165, 1.54) is 12.1 Å². The van der Waals surface area contributed by atoms with Gasteiger partial charge in [-0.15, -0.1) is 0 Å². The van der Waals surface area contributed by atoms with Crippen molar-refractivity contribution < 1.29 is 14.2 Å². The zero-order valence-corrected chi connectivity index (χ0v) is 12.8. The van der Waals surface area contributed by atoms with Crippen LogP contribution in [-0.2, 0) is 4.74 Å². The molecule has 0 spiro atoms. The molecule has 1 aromatic carbocycles. The molecule has 1 aliphatic heterocycles. The number of halogens is 1. The van der Waals surface area contributed by atoms with Crippen LogP contribution in [0.5, 0.6) is 0 Å². The van der Waals surface area contributed by atoms with Crippen LogP contribution in [0.2, 0.25) is 0 Å². The van der Waals surface area contributed by atoms with E-state index in [9.17, 15) is 9.50 Å². The molecule has 118 valence electrons. The van der Waals surface area contributed by atoms with Gasteiger partial charge in [-0.1, -0.05) is 12.1 Å². The Morgan fingerprint density at radius 3 is 2.76 bits per heavy atom. The van der Waals surface area contributed by atoms with Crippen LogP contribution in [0.25, 0.3) is 0 Å². The number of morpholine rings is 1. The molecule has 1 heterocycles. The summed E-state index contributed by atoms with van der Waals surface area (Å²) >= 11 is 0. The topological polar surface area (TPSA) is 44.7 Å². The molecule has 0 saturated carbocycles. The molecule has 4 nitrogen and oxygen atoms in total. The average Bonchev–Trinajstić information content (AvgIpc) is 2.51. The van der Waals surface area contributed by atoms with Crippen molar-refractivity contribution >= 4 is 0 Å². The average molecular weight is 296 g/mol. The molecule has 3 unspecified atom stereocenters. The zero-order valence-electron chi connectivity index (χ0n) is 12.8. The summed E-state index contributed by atoms with van der Waals surface area (Å²) in [7, 11) is 1.92. The van der Waals surface area contributed by atoms with E-state index >= 15 is 0 Å². The van der Waals surface area contributed by atoms with Crippen LogP contribution in [-0.4, -0.2) is 55.5 Å². The molecule has 1 aromatic rings. The number of nitrogens with zero attached hydrogens (tertiary/aromatic N) is 1. The van der Waals surface area contributed by atoms with E-state index in [1.807, 2.05) is 19.2 Å². The standard InChI is InChI=1S/C16H25FN2O2/c1-12-11-21-15(10-20)9-19(12)8-7-16(18-2)13-3-5-14(17)6-4-13/h3-6,12,15-16,18,20H,7-11H2,1-2H3. The van der Waals surface area contributed by atoms with Crippen LogP contribution in [0.4, 0.5) is 4.39 Å². The van der Waals surface area contributed by atoms with E-state index in [-0.39, 0.29) is 24.6 Å². The van der Waals surface area contributed by atoms with Gasteiger partial charge in [0.1, 0.15) is 5.82 Å². The van der Waals surface area contributed by atoms with Crippen molar-refractivity contribution in [3.05, 3.63) is 35.6 Å². The minimum absolute atomic E-state index is 0.0661. The summed E-state index contributed by atoms with van der Waals surface area (Å²) in [6, 6.07) is 7.22. The van der Waals surface area contributed by atoms with Gasteiger partial charge in [-0.25, -0.2) is 4.39 Å². The largest absolute Gasteiger partial charge is 0.394 e. The summed E-state index contributed by atoms with van der Waals surface area (Å²) in [5, 5.41) is 12.5. The van der Waals surface area contributed by atoms with Crippen LogP contribution < -0.4 is 5.32 Å². The summed E-state index contributed by atoms with van der Waals surface area (Å²) in [4.78, 5) is 2.35. The van der Waals surface area contributed by atoms with E-state index < -0.39 is 0 Å². The predicted octanol–water partition coefficient (Wildman–Crippen LogP) is 1.56. The molecule has 2 rings (SSSR count). The molecule has 1 fully saturated rings. The SMILES string of the molecule is CNC(CCN1CC(CO)OCC1C)c1ccc(F)cc1. The predicted molar refractivity (Wildman–Crippen MR) is 80.7 cm³/mol. The highest BCUT2D eigenvalue weighted by atomic mass is 19.1. The number of aliphatic hydroxyl groups excluding tert-OH is 1. The lowest BCUT2D eigenvalue weighted by Crippen LogP contribution is -2.50. The summed E-state index contributed by atoms with van der Waals surface area (Å²) in [5.74, 6) is -0.207. The monoisotopic (exact) mass is 296 g/mol. The van der Waals surface area contributed by atoms with Gasteiger partial charge in [-0.3, -0.25) is 4.90 Å². The fourth-order valence-electron chi connectivity index (χ4n) is 2.76. The van der Waals surface area contributed by atoms with Gasteiger partial charge in [-0.2, -0.15) is 0 Å². The Morgan fingerprint density at radius 2 is 2.14 bits per heavy atom. The first-order chi connectivity index (χ1) is 10.1. The van der Waals surface area contributed by atoms with E-state index in [2.05, 4.69) is 17.1 Å². The van der Waals surface area contributed by atoms with Gasteiger partial charge >= 0.3 is 0 Å². The molecular formula is C16H25FN2O2. The van der Waals surface area contributed by atoms with Crippen LogP contribution in [0.1, 0.15) is 24.9 Å². The van der Waals surface area contributed by atoms with Gasteiger partial charge < -0.3 is 15.2 Å². The Hall–Kier alpha value is -1.01. The van der Waals surface area contributed by atoms with Crippen LogP contribution in [0.15, 0.2) is 24.3 Å². The van der Waals surface area contributed by atoms with Gasteiger partial charge in [0.2, 0.25) is 0 Å². The molecule has 1 aliphatic rings. The third-order valence-electron chi connectivity index (χ3n) is 4.16. The fourth-order valence-corrected chi connectivity index (χ4v) is 2.76. The minimum Gasteiger partial charge on any atom is -0.394 e. The van der Waals surface area contributed by atoms with E-state index in [4.69, 9.17) is 4.74 Å². The highest BCUT2D eigenvalue weighted by Crippen LogP contribution is 2.19. The number of hydrogen-bond acceptors (Lipinski definition) is 4. The Morgan fingerprint density at radius 1 is 1.43 bits per heavy atom. The molecule has 3 atom stereocenters. The van der Waals surface area contributed by atoms with Crippen molar-refractivity contribution in [3.8, 4) is 0 Å². The fraction of sp³-hybridized carbons (Fsp3) is 0.625. The lowest BCUT2D eigenvalue weighted by atomic mass is 10.0. The van der Waals surface area contributed by atoms with Crippen molar-refractivity contribution in [3.63, 3.8) is 0 Å². The van der Waals surface area contributed by atoms with Crippen LogP contribution in [0.3, 0.4) is 0 Å². The second-order valence-corrected chi connectivity index (χ2v) is 5.66. The van der Waals surface area contributed by atoms with Gasteiger partial charge in [-0.05, 0) is 38.1 Å². The second-order valence-electron chi connectivity index (χ2n) is 5.66. The smallest absolute Gasteiger partial charge is 0.123 e. The third-order valence-corrected chi connectivity index (χ3v) is 4.16. The highest BCUT2D eigenvalue weighted by molar-refractivity contribution is 5.19. The summed E-state index contributed by atoms with van der Waals surface area (Å²) in [5.41, 5.74) is 1.10. The molecule has 1 saturated heterocycles. The van der Waals surface area contributed by atoms with E-state index in [0.29, 0.717) is 12.6 Å². The maximum atomic E-state index is 13.0. The molecule has 21 heavy (non-hydrogen) atoms. The van der Waals surface area contributed by atoms with E-state index in [0.717, 1.165) is 25.1 Å². The maximum absolute atomic E-state index is 13.0. The molecule has 5 heteroatoms. The van der Waals surface area contributed by atoms with Crippen molar-refractivity contribution in [1.82, 2.24) is 10.2 Å². The van der Waals surface area contributed by atoms with Gasteiger partial charge in [0.25, 0.3) is 0 Å². The number of nitrogens with one attached hydrogen (secondary N) is 1. The summed E-state index contributed by atoms with van der Waals surface area (Å²) in [6.07, 6.45) is 0.852. The molecule has 0 aromatic heterocycles. The maximum Gasteiger partial charge on any atom is 0.123 e. The number of aliphatic hydroxyl groups is 1. The zero-order chi connectivity index (χ0) is 15.2. The van der Waals surface area contributed by atoms with Crippen LogP contribution in [0, 0.1) is 5.82 Å². The quantitative estimate of drug-likeness (QED) is 0.836. The number of hydrogen-bond donors (Lipinski definition) is 2. The van der Waals surface area contributed by atoms with Gasteiger partial charge in [0.15, 0.2) is 0 Å². The lowest BCUT2D eigenvalue weighted by Gasteiger charge is -2.38. The Labute approximate surface area is 125 Å². The molecule has 0 amide bonds. The first-order valence-corrected chi connectivity index (χ1v) is 7.53. The number of ether oxygens (including phenoxy) is 1. The summed E-state index contributed by atoms with van der Waals surface area (Å²) in [6.45, 7) is 4.55. The van der Waals surface area contributed by atoms with Crippen molar-refractivity contribution in [1.29, 1.82) is 0 Å². The van der Waals surface area contributed by atoms with Crippen LogP contribution >= 0.6 is 0 Å². The number of benzene rings is 1. The van der Waals surface area contributed by atoms with Gasteiger partial charge in [0.05, 0.1) is 19.3 Å². The lowest BCUT2D eigenvalue weighted by molar-refractivity contribution is -0.0783. The molecule has 0 aliphatic carbocycles. The molecule has 0 radical (unpaired) electrons. The minimum atomic E-state index is -0.207. The second kappa shape index (κ2) is 7.84. The normalized spacial score (nSPS) is 25.0. The van der Waals surface area contributed by atoms with Crippen molar-refractivity contribution in [2.24, 2.45) is 0 Å². The highest BCUT2D eigenvalue weighted by Gasteiger charge is 2.25. The molecule has 2 N–H and O–H groups in total. The Kier molecular flexibility index (Phi) is 6.11. The van der Waals surface area contributed by atoms with Crippen molar-refractivity contribution in [2.45, 2.75) is 31.5 Å². The van der Waals surface area contributed by atoms with Gasteiger partial charge in [0, 0.05) is 25.2 Å². The molecular weight excluding hydrogens is 271 g/mol. The Bertz CT molecular complexity index is 427. The van der Waals surface area contributed by atoms with E-state index in [1.54, 1.807) is 0 Å².